The molecule has 1 fully saturated rings. The van der Waals surface area contributed by atoms with Gasteiger partial charge in [-0.15, -0.1) is 0 Å². The number of hydrogen-bond acceptors (Lipinski definition) is 4. The fourth-order valence-electron chi connectivity index (χ4n) is 3.27. The van der Waals surface area contributed by atoms with Crippen molar-refractivity contribution in [1.82, 2.24) is 0 Å². The first-order chi connectivity index (χ1) is 12.2. The summed E-state index contributed by atoms with van der Waals surface area (Å²) in [6.07, 6.45) is -11.3. The van der Waals surface area contributed by atoms with Crippen LogP contribution in [0.5, 0.6) is 5.75 Å². The summed E-state index contributed by atoms with van der Waals surface area (Å²) in [6.45, 7) is 2.92. The van der Waals surface area contributed by atoms with E-state index in [-0.39, 0.29) is 5.56 Å². The predicted octanol–water partition coefficient (Wildman–Crippen LogP) is 4.67. The lowest BCUT2D eigenvalue weighted by Gasteiger charge is -2.31. The molecule has 0 amide bonds. The molecule has 1 aromatic carbocycles. The van der Waals surface area contributed by atoms with Gasteiger partial charge < -0.3 is 14.2 Å². The minimum absolute atomic E-state index is 0.181. The third-order valence-electron chi connectivity index (χ3n) is 4.82. The van der Waals surface area contributed by atoms with E-state index in [9.17, 15) is 31.1 Å². The molecule has 0 saturated carbocycles. The van der Waals surface area contributed by atoms with E-state index >= 15 is 0 Å². The van der Waals surface area contributed by atoms with Crippen LogP contribution < -0.4 is 4.74 Å². The average Bonchev–Trinajstić information content (AvgIpc) is 2.76. The molecule has 0 aliphatic carbocycles. The largest absolute Gasteiger partial charge is 0.496 e. The molecule has 0 aromatic heterocycles. The molecule has 2 rings (SSSR count). The number of carbonyl (C=O) groups is 1. The number of para-hydroxylation sites is 1. The minimum atomic E-state index is -4.84. The van der Waals surface area contributed by atoms with Crippen molar-refractivity contribution in [2.45, 2.75) is 50.9 Å². The second-order valence-electron chi connectivity index (χ2n) is 6.44. The number of halogens is 6. The fraction of sp³-hybridized carbons (Fsp3) is 0.588. The van der Waals surface area contributed by atoms with Gasteiger partial charge in [-0.2, -0.15) is 26.3 Å². The molecule has 1 aliphatic rings. The van der Waals surface area contributed by atoms with Crippen molar-refractivity contribution in [3.05, 3.63) is 29.3 Å². The van der Waals surface area contributed by atoms with Crippen molar-refractivity contribution in [2.24, 2.45) is 5.92 Å². The zero-order chi connectivity index (χ0) is 20.8. The molecule has 1 heterocycles. The molecule has 1 aliphatic heterocycles. The number of ether oxygens (including phenoxy) is 3. The lowest BCUT2D eigenvalue weighted by molar-refractivity contribution is -0.293. The van der Waals surface area contributed by atoms with Gasteiger partial charge in [0.05, 0.1) is 18.6 Å². The van der Waals surface area contributed by atoms with E-state index in [4.69, 9.17) is 14.2 Å². The van der Waals surface area contributed by atoms with Crippen LogP contribution in [-0.4, -0.2) is 31.1 Å². The molecular weight excluding hydrogens is 382 g/mol. The second kappa shape index (κ2) is 6.88. The minimum Gasteiger partial charge on any atom is -0.496 e. The summed E-state index contributed by atoms with van der Waals surface area (Å²) < 4.78 is 95.3. The number of benzene rings is 1. The van der Waals surface area contributed by atoms with Gasteiger partial charge in [-0.25, -0.2) is 0 Å². The van der Waals surface area contributed by atoms with E-state index < -0.39 is 53.4 Å². The zero-order valence-electron chi connectivity index (χ0n) is 14.9. The average molecular weight is 400 g/mol. The van der Waals surface area contributed by atoms with E-state index in [1.54, 1.807) is 0 Å². The van der Waals surface area contributed by atoms with Crippen molar-refractivity contribution in [2.75, 3.05) is 7.11 Å². The number of esters is 1. The molecule has 1 aromatic rings. The molecule has 0 bridgehead atoms. The Labute approximate surface area is 151 Å². The van der Waals surface area contributed by atoms with Crippen LogP contribution in [0.1, 0.15) is 37.8 Å². The van der Waals surface area contributed by atoms with Crippen molar-refractivity contribution in [1.29, 1.82) is 0 Å². The summed E-state index contributed by atoms with van der Waals surface area (Å²) in [5.41, 5.74) is -4.05. The van der Waals surface area contributed by atoms with E-state index in [0.29, 0.717) is 0 Å². The van der Waals surface area contributed by atoms with Crippen LogP contribution in [0.25, 0.3) is 0 Å². The van der Waals surface area contributed by atoms with E-state index in [2.05, 4.69) is 0 Å². The summed E-state index contributed by atoms with van der Waals surface area (Å²) in [5, 5.41) is 0. The maximum atomic E-state index is 13.6. The number of methoxy groups -OCH3 is 1. The molecular formula is C17H18F6O4. The quantitative estimate of drug-likeness (QED) is 0.546. The van der Waals surface area contributed by atoms with E-state index in [0.717, 1.165) is 33.1 Å². The lowest BCUT2D eigenvalue weighted by atomic mass is 9.78. The van der Waals surface area contributed by atoms with Crippen molar-refractivity contribution < 1.29 is 45.3 Å². The maximum Gasteiger partial charge on any atom is 0.419 e. The molecule has 1 saturated heterocycles. The van der Waals surface area contributed by atoms with Crippen LogP contribution in [0.2, 0.25) is 0 Å². The maximum absolute atomic E-state index is 13.6. The van der Waals surface area contributed by atoms with Gasteiger partial charge in [-0.05, 0) is 13.0 Å². The summed E-state index contributed by atoms with van der Waals surface area (Å²) in [6, 6.07) is 3.02. The van der Waals surface area contributed by atoms with E-state index in [1.807, 2.05) is 0 Å². The third-order valence-corrected chi connectivity index (χ3v) is 4.82. The Morgan fingerprint density at radius 2 is 1.78 bits per heavy atom. The normalized spacial score (nSPS) is 28.9. The SMILES string of the molecule is COc1c([C@H]2C(OC(C)=O)O[C@@](C)(C(F)(F)F)[C@H]2C)cccc1C(F)(F)F. The van der Waals surface area contributed by atoms with Crippen molar-refractivity contribution >= 4 is 5.97 Å². The molecule has 10 heteroatoms. The summed E-state index contributed by atoms with van der Waals surface area (Å²) >= 11 is 0. The topological polar surface area (TPSA) is 44.8 Å². The predicted molar refractivity (Wildman–Crippen MR) is 81.0 cm³/mol. The van der Waals surface area contributed by atoms with Crippen LogP contribution in [0.15, 0.2) is 18.2 Å². The van der Waals surface area contributed by atoms with Crippen molar-refractivity contribution in [3.8, 4) is 5.75 Å². The highest BCUT2D eigenvalue weighted by molar-refractivity contribution is 5.66. The fourth-order valence-corrected chi connectivity index (χ4v) is 3.27. The molecule has 0 radical (unpaired) electrons. The standard InChI is InChI=1S/C17H18F6O4/c1-8-12(10-6-5-7-11(13(10)25-4)16(18,19)20)14(26-9(2)24)27-15(8,3)17(21,22)23/h5-8,12,14H,1-4H3/t8-,12-,14?,15+/m0/s1. The van der Waals surface area contributed by atoms with Crippen LogP contribution in [-0.2, 0) is 20.4 Å². The molecule has 0 spiro atoms. The van der Waals surface area contributed by atoms with E-state index in [1.165, 1.54) is 13.0 Å². The van der Waals surface area contributed by atoms with Gasteiger partial charge in [0.2, 0.25) is 6.29 Å². The van der Waals surface area contributed by atoms with Gasteiger partial charge >= 0.3 is 18.3 Å². The van der Waals surface area contributed by atoms with Crippen LogP contribution in [0, 0.1) is 5.92 Å². The van der Waals surface area contributed by atoms with Crippen molar-refractivity contribution in [3.63, 3.8) is 0 Å². The molecule has 0 N–H and O–H groups in total. The molecule has 152 valence electrons. The van der Waals surface area contributed by atoms with Gasteiger partial charge in [-0.3, -0.25) is 4.79 Å². The number of hydrogen-bond donors (Lipinski definition) is 0. The first-order valence-electron chi connectivity index (χ1n) is 7.90. The van der Waals surface area contributed by atoms with Crippen LogP contribution in [0.3, 0.4) is 0 Å². The molecule has 27 heavy (non-hydrogen) atoms. The Morgan fingerprint density at radius 1 is 1.19 bits per heavy atom. The smallest absolute Gasteiger partial charge is 0.419 e. The number of alkyl halides is 6. The Kier molecular flexibility index (Phi) is 5.44. The Bertz CT molecular complexity index is 714. The van der Waals surface area contributed by atoms with Crippen LogP contribution >= 0.6 is 0 Å². The molecule has 4 nitrogen and oxygen atoms in total. The number of carbonyl (C=O) groups excluding carboxylic acids is 1. The zero-order valence-corrected chi connectivity index (χ0v) is 14.9. The Hall–Kier alpha value is -1.97. The second-order valence-corrected chi connectivity index (χ2v) is 6.44. The summed E-state index contributed by atoms with van der Waals surface area (Å²) in [4.78, 5) is 11.3. The molecule has 4 atom stereocenters. The third kappa shape index (κ3) is 3.71. The van der Waals surface area contributed by atoms with Gasteiger partial charge in [-0.1, -0.05) is 19.1 Å². The summed E-state index contributed by atoms with van der Waals surface area (Å²) in [7, 11) is 0.984. The highest BCUT2D eigenvalue weighted by atomic mass is 19.4. The monoisotopic (exact) mass is 400 g/mol. The Balaban J connectivity index is 2.65. The first kappa shape index (κ1) is 21.3. The van der Waals surface area contributed by atoms with Gasteiger partial charge in [0.25, 0.3) is 0 Å². The number of rotatable bonds is 3. The summed E-state index contributed by atoms with van der Waals surface area (Å²) in [5.74, 6) is -4.24. The van der Waals surface area contributed by atoms with Crippen LogP contribution in [0.4, 0.5) is 26.3 Å². The Morgan fingerprint density at radius 3 is 2.22 bits per heavy atom. The highest BCUT2D eigenvalue weighted by Crippen LogP contribution is 2.55. The lowest BCUT2D eigenvalue weighted by Crippen LogP contribution is -2.47. The highest BCUT2D eigenvalue weighted by Gasteiger charge is 2.65. The molecule has 1 unspecified atom stereocenters. The van der Waals surface area contributed by atoms with Gasteiger partial charge in [0.1, 0.15) is 5.75 Å². The van der Waals surface area contributed by atoms with Gasteiger partial charge in [0, 0.05) is 18.4 Å². The first-order valence-corrected chi connectivity index (χ1v) is 7.90. The van der Waals surface area contributed by atoms with Gasteiger partial charge in [0.15, 0.2) is 5.60 Å².